The van der Waals surface area contributed by atoms with Crippen LogP contribution in [0.25, 0.3) is 0 Å². The molecule has 0 fully saturated rings. The summed E-state index contributed by atoms with van der Waals surface area (Å²) >= 11 is 0. The van der Waals surface area contributed by atoms with Gasteiger partial charge in [0.05, 0.1) is 25.7 Å². The zero-order valence-corrected chi connectivity index (χ0v) is 13.8. The molecule has 0 amide bonds. The molecule has 120 valence electrons. The predicted molar refractivity (Wildman–Crippen MR) is 91.9 cm³/mol. The third-order valence-corrected chi connectivity index (χ3v) is 3.91. The maximum atomic E-state index is 9.36. The Labute approximate surface area is 138 Å². The van der Waals surface area contributed by atoms with Gasteiger partial charge in [-0.05, 0) is 55.5 Å². The van der Waals surface area contributed by atoms with Gasteiger partial charge in [-0.1, -0.05) is 30.3 Å². The van der Waals surface area contributed by atoms with Crippen LogP contribution in [0.2, 0.25) is 0 Å². The Morgan fingerprint density at radius 3 is 2.43 bits per heavy atom. The molecular formula is C20H23NO2. The SMILES string of the molecule is COc1ccc(C(C#N)CCCCOc2ccccc2C)cc1. The van der Waals surface area contributed by atoms with Crippen LogP contribution in [0.4, 0.5) is 0 Å². The summed E-state index contributed by atoms with van der Waals surface area (Å²) in [6, 6.07) is 18.2. The van der Waals surface area contributed by atoms with Crippen molar-refractivity contribution >= 4 is 0 Å². The van der Waals surface area contributed by atoms with Crippen molar-refractivity contribution in [1.29, 1.82) is 5.26 Å². The van der Waals surface area contributed by atoms with Crippen LogP contribution < -0.4 is 9.47 Å². The molecule has 0 radical (unpaired) electrons. The number of benzene rings is 2. The van der Waals surface area contributed by atoms with E-state index in [0.717, 1.165) is 41.9 Å². The lowest BCUT2D eigenvalue weighted by Gasteiger charge is -2.11. The highest BCUT2D eigenvalue weighted by atomic mass is 16.5. The van der Waals surface area contributed by atoms with Crippen molar-refractivity contribution in [1.82, 2.24) is 0 Å². The molecule has 0 aliphatic heterocycles. The quantitative estimate of drug-likeness (QED) is 0.654. The molecule has 2 aromatic carbocycles. The van der Waals surface area contributed by atoms with Gasteiger partial charge in [-0.2, -0.15) is 5.26 Å². The first-order valence-corrected chi connectivity index (χ1v) is 7.96. The van der Waals surface area contributed by atoms with Gasteiger partial charge in [-0.15, -0.1) is 0 Å². The Balaban J connectivity index is 1.75. The third-order valence-electron chi connectivity index (χ3n) is 3.91. The van der Waals surface area contributed by atoms with Gasteiger partial charge in [0.25, 0.3) is 0 Å². The van der Waals surface area contributed by atoms with Gasteiger partial charge in [0.15, 0.2) is 0 Å². The summed E-state index contributed by atoms with van der Waals surface area (Å²) in [6.07, 6.45) is 2.76. The molecule has 0 spiro atoms. The highest BCUT2D eigenvalue weighted by Gasteiger charge is 2.10. The van der Waals surface area contributed by atoms with Crippen LogP contribution >= 0.6 is 0 Å². The molecule has 0 bridgehead atoms. The van der Waals surface area contributed by atoms with Crippen molar-refractivity contribution < 1.29 is 9.47 Å². The summed E-state index contributed by atoms with van der Waals surface area (Å²) in [5.41, 5.74) is 2.20. The van der Waals surface area contributed by atoms with E-state index in [1.807, 2.05) is 55.5 Å². The van der Waals surface area contributed by atoms with Crippen LogP contribution in [-0.2, 0) is 0 Å². The van der Waals surface area contributed by atoms with Gasteiger partial charge in [0, 0.05) is 0 Å². The standard InChI is InChI=1S/C20H23NO2/c1-16-7-3-4-9-20(16)23-14-6-5-8-18(15-21)17-10-12-19(22-2)13-11-17/h3-4,7,9-13,18H,5-6,8,14H2,1-2H3. The first kappa shape index (κ1) is 16.9. The van der Waals surface area contributed by atoms with Crippen LogP contribution in [0.3, 0.4) is 0 Å². The van der Waals surface area contributed by atoms with Gasteiger partial charge >= 0.3 is 0 Å². The lowest BCUT2D eigenvalue weighted by Crippen LogP contribution is -2.01. The Hall–Kier alpha value is -2.47. The fourth-order valence-electron chi connectivity index (χ4n) is 2.49. The Morgan fingerprint density at radius 2 is 1.78 bits per heavy atom. The maximum absolute atomic E-state index is 9.36. The minimum atomic E-state index is -0.0700. The zero-order valence-electron chi connectivity index (χ0n) is 13.8. The molecule has 0 heterocycles. The number of para-hydroxylation sites is 1. The molecule has 0 N–H and O–H groups in total. The highest BCUT2D eigenvalue weighted by Crippen LogP contribution is 2.24. The topological polar surface area (TPSA) is 42.2 Å². The first-order valence-electron chi connectivity index (χ1n) is 7.96. The van der Waals surface area contributed by atoms with Crippen LogP contribution in [0, 0.1) is 18.3 Å². The molecule has 0 saturated carbocycles. The number of ether oxygens (including phenoxy) is 2. The van der Waals surface area contributed by atoms with Gasteiger partial charge in [0.1, 0.15) is 11.5 Å². The molecular weight excluding hydrogens is 286 g/mol. The Morgan fingerprint density at radius 1 is 1.04 bits per heavy atom. The van der Waals surface area contributed by atoms with E-state index in [1.54, 1.807) is 7.11 Å². The molecule has 0 aliphatic rings. The molecule has 0 saturated heterocycles. The number of rotatable bonds is 8. The maximum Gasteiger partial charge on any atom is 0.122 e. The number of nitriles is 1. The number of methoxy groups -OCH3 is 1. The third kappa shape index (κ3) is 5.03. The molecule has 0 aliphatic carbocycles. The van der Waals surface area contributed by atoms with Gasteiger partial charge in [-0.3, -0.25) is 0 Å². The van der Waals surface area contributed by atoms with Crippen molar-refractivity contribution in [2.75, 3.05) is 13.7 Å². The highest BCUT2D eigenvalue weighted by molar-refractivity contribution is 5.32. The number of aryl methyl sites for hydroxylation is 1. The van der Waals surface area contributed by atoms with E-state index in [-0.39, 0.29) is 5.92 Å². The molecule has 23 heavy (non-hydrogen) atoms. The molecule has 3 nitrogen and oxygen atoms in total. The molecule has 1 unspecified atom stereocenters. The Kier molecular flexibility index (Phi) is 6.50. The van der Waals surface area contributed by atoms with Crippen molar-refractivity contribution in [2.45, 2.75) is 32.1 Å². The lowest BCUT2D eigenvalue weighted by atomic mass is 9.95. The summed E-state index contributed by atoms with van der Waals surface area (Å²) in [7, 11) is 1.64. The monoisotopic (exact) mass is 309 g/mol. The Bertz CT molecular complexity index is 643. The molecule has 2 rings (SSSR count). The summed E-state index contributed by atoms with van der Waals surface area (Å²) < 4.78 is 10.9. The molecule has 1 atom stereocenters. The number of hydrogen-bond donors (Lipinski definition) is 0. The number of unbranched alkanes of at least 4 members (excludes halogenated alkanes) is 1. The van der Waals surface area contributed by atoms with Gasteiger partial charge in [-0.25, -0.2) is 0 Å². The second-order valence-electron chi connectivity index (χ2n) is 5.56. The van der Waals surface area contributed by atoms with Crippen molar-refractivity contribution in [3.8, 4) is 17.6 Å². The largest absolute Gasteiger partial charge is 0.497 e. The summed E-state index contributed by atoms with van der Waals surface area (Å²) in [6.45, 7) is 2.73. The molecule has 0 aromatic heterocycles. The van der Waals surface area contributed by atoms with Gasteiger partial charge in [0.2, 0.25) is 0 Å². The van der Waals surface area contributed by atoms with E-state index >= 15 is 0 Å². The normalized spacial score (nSPS) is 11.5. The van der Waals surface area contributed by atoms with Crippen molar-refractivity contribution in [3.63, 3.8) is 0 Å². The summed E-state index contributed by atoms with van der Waals surface area (Å²) in [5.74, 6) is 1.69. The molecule has 2 aromatic rings. The minimum Gasteiger partial charge on any atom is -0.497 e. The number of nitrogens with zero attached hydrogens (tertiary/aromatic N) is 1. The van der Waals surface area contributed by atoms with E-state index in [0.29, 0.717) is 6.61 Å². The van der Waals surface area contributed by atoms with E-state index in [4.69, 9.17) is 9.47 Å². The smallest absolute Gasteiger partial charge is 0.122 e. The van der Waals surface area contributed by atoms with Crippen LogP contribution in [0.1, 0.15) is 36.3 Å². The fraction of sp³-hybridized carbons (Fsp3) is 0.350. The van der Waals surface area contributed by atoms with Crippen molar-refractivity contribution in [2.24, 2.45) is 0 Å². The van der Waals surface area contributed by atoms with Crippen molar-refractivity contribution in [3.05, 3.63) is 59.7 Å². The number of hydrogen-bond acceptors (Lipinski definition) is 3. The van der Waals surface area contributed by atoms with Crippen LogP contribution in [-0.4, -0.2) is 13.7 Å². The lowest BCUT2D eigenvalue weighted by molar-refractivity contribution is 0.302. The second kappa shape index (κ2) is 8.85. The summed E-state index contributed by atoms with van der Waals surface area (Å²) in [5, 5.41) is 9.36. The zero-order chi connectivity index (χ0) is 16.5. The van der Waals surface area contributed by atoms with Gasteiger partial charge < -0.3 is 9.47 Å². The predicted octanol–water partition coefficient (Wildman–Crippen LogP) is 4.86. The fourth-order valence-corrected chi connectivity index (χ4v) is 2.49. The first-order chi connectivity index (χ1) is 11.2. The average Bonchev–Trinajstić information content (AvgIpc) is 2.60. The minimum absolute atomic E-state index is 0.0700. The van der Waals surface area contributed by atoms with E-state index in [9.17, 15) is 5.26 Å². The van der Waals surface area contributed by atoms with Crippen LogP contribution in [0.15, 0.2) is 48.5 Å². The molecule has 3 heteroatoms. The van der Waals surface area contributed by atoms with Crippen LogP contribution in [0.5, 0.6) is 11.5 Å². The van der Waals surface area contributed by atoms with E-state index in [2.05, 4.69) is 6.07 Å². The van der Waals surface area contributed by atoms with E-state index < -0.39 is 0 Å². The van der Waals surface area contributed by atoms with E-state index in [1.165, 1.54) is 0 Å². The average molecular weight is 309 g/mol. The second-order valence-corrected chi connectivity index (χ2v) is 5.56. The summed E-state index contributed by atoms with van der Waals surface area (Å²) in [4.78, 5) is 0.